The van der Waals surface area contributed by atoms with E-state index >= 15 is 0 Å². The molecule has 3 heteroatoms. The van der Waals surface area contributed by atoms with E-state index in [0.717, 1.165) is 12.3 Å². The van der Waals surface area contributed by atoms with Crippen LogP contribution in [0.3, 0.4) is 0 Å². The van der Waals surface area contributed by atoms with E-state index in [1.54, 1.807) is 0 Å². The van der Waals surface area contributed by atoms with Gasteiger partial charge in [0, 0.05) is 5.54 Å². The highest BCUT2D eigenvalue weighted by Gasteiger charge is 2.42. The molecule has 0 amide bonds. The van der Waals surface area contributed by atoms with Gasteiger partial charge in [0.1, 0.15) is 0 Å². The van der Waals surface area contributed by atoms with Crippen LogP contribution in [-0.4, -0.2) is 0 Å². The third-order valence-corrected chi connectivity index (χ3v) is 6.43. The van der Waals surface area contributed by atoms with Crippen molar-refractivity contribution in [3.05, 3.63) is 33.8 Å². The quantitative estimate of drug-likeness (QED) is 0.717. The molecule has 0 heterocycles. The van der Waals surface area contributed by atoms with Crippen LogP contribution in [0.25, 0.3) is 0 Å². The van der Waals surface area contributed by atoms with Crippen LogP contribution in [0.4, 0.5) is 0 Å². The summed E-state index contributed by atoms with van der Waals surface area (Å²) in [6, 6.07) is 6.00. The molecule has 1 aromatic carbocycles. The lowest BCUT2D eigenvalue weighted by Gasteiger charge is -2.47. The molecule has 2 N–H and O–H groups in total. The summed E-state index contributed by atoms with van der Waals surface area (Å²) in [6.07, 6.45) is 11.7. The number of hydrogen-bond donors (Lipinski definition) is 1. The lowest BCUT2D eigenvalue weighted by atomic mass is 9.62. The van der Waals surface area contributed by atoms with E-state index in [9.17, 15) is 0 Å². The zero-order chi connectivity index (χ0) is 14.9. The molecular formula is C18H25Cl2N. The zero-order valence-electron chi connectivity index (χ0n) is 12.6. The molecule has 2 aliphatic rings. The van der Waals surface area contributed by atoms with Gasteiger partial charge in [0.15, 0.2) is 0 Å². The maximum atomic E-state index is 6.97. The maximum Gasteiger partial charge on any atom is 0.0595 e. The number of benzene rings is 1. The second-order valence-electron chi connectivity index (χ2n) is 6.92. The van der Waals surface area contributed by atoms with Crippen molar-refractivity contribution in [3.63, 3.8) is 0 Å². The molecule has 3 rings (SSSR count). The van der Waals surface area contributed by atoms with E-state index in [1.165, 1.54) is 56.9 Å². The first-order valence-corrected chi connectivity index (χ1v) is 9.11. The van der Waals surface area contributed by atoms with Gasteiger partial charge in [0.05, 0.1) is 10.0 Å². The minimum atomic E-state index is -0.214. The fourth-order valence-electron chi connectivity index (χ4n) is 4.56. The molecule has 0 radical (unpaired) electrons. The Morgan fingerprint density at radius 2 is 1.62 bits per heavy atom. The molecule has 0 aromatic heterocycles. The molecular weight excluding hydrogens is 301 g/mol. The van der Waals surface area contributed by atoms with E-state index in [2.05, 4.69) is 6.07 Å². The summed E-state index contributed by atoms with van der Waals surface area (Å²) in [5.74, 6) is 1.39. The van der Waals surface area contributed by atoms with Gasteiger partial charge >= 0.3 is 0 Å². The Morgan fingerprint density at radius 3 is 2.33 bits per heavy atom. The third-order valence-electron chi connectivity index (χ3n) is 5.69. The van der Waals surface area contributed by atoms with Crippen molar-refractivity contribution in [1.29, 1.82) is 0 Å². The Hall–Kier alpha value is -0.240. The minimum absolute atomic E-state index is 0.214. The maximum absolute atomic E-state index is 6.97. The fourth-order valence-corrected chi connectivity index (χ4v) is 4.86. The molecule has 1 nitrogen and oxygen atoms in total. The van der Waals surface area contributed by atoms with Gasteiger partial charge in [-0.2, -0.15) is 0 Å². The molecule has 0 aliphatic heterocycles. The molecule has 2 aliphatic carbocycles. The minimum Gasteiger partial charge on any atom is -0.321 e. The highest BCUT2D eigenvalue weighted by Crippen LogP contribution is 2.48. The van der Waals surface area contributed by atoms with Crippen LogP contribution < -0.4 is 5.73 Å². The summed E-state index contributed by atoms with van der Waals surface area (Å²) in [4.78, 5) is 0. The van der Waals surface area contributed by atoms with Crippen molar-refractivity contribution in [2.45, 2.75) is 63.3 Å². The van der Waals surface area contributed by atoms with E-state index in [4.69, 9.17) is 28.9 Å². The van der Waals surface area contributed by atoms with Crippen LogP contribution in [0.5, 0.6) is 0 Å². The number of halogens is 2. The molecule has 0 saturated heterocycles. The average molecular weight is 326 g/mol. The molecule has 2 saturated carbocycles. The second-order valence-corrected chi connectivity index (χ2v) is 7.73. The molecule has 1 aromatic rings. The molecule has 21 heavy (non-hydrogen) atoms. The Morgan fingerprint density at radius 1 is 0.905 bits per heavy atom. The van der Waals surface area contributed by atoms with Crippen molar-refractivity contribution < 1.29 is 0 Å². The molecule has 116 valence electrons. The van der Waals surface area contributed by atoms with E-state index in [1.807, 2.05) is 12.1 Å². The summed E-state index contributed by atoms with van der Waals surface area (Å²) in [5.41, 5.74) is 7.95. The second kappa shape index (κ2) is 6.48. The lowest BCUT2D eigenvalue weighted by molar-refractivity contribution is 0.0986. The van der Waals surface area contributed by atoms with Crippen LogP contribution in [0.2, 0.25) is 10.0 Å². The van der Waals surface area contributed by atoms with Crippen molar-refractivity contribution in [2.24, 2.45) is 17.6 Å². The third kappa shape index (κ3) is 3.11. The molecule has 2 atom stereocenters. The van der Waals surface area contributed by atoms with Crippen molar-refractivity contribution in [1.82, 2.24) is 0 Å². The van der Waals surface area contributed by atoms with Gasteiger partial charge in [-0.1, -0.05) is 74.2 Å². The van der Waals surface area contributed by atoms with Gasteiger partial charge in [-0.3, -0.25) is 0 Å². The zero-order valence-corrected chi connectivity index (χ0v) is 14.1. The SMILES string of the molecule is NC1(c2ccc(Cl)c(Cl)c2)CCCCC1C1CCCCC1. The van der Waals surface area contributed by atoms with Crippen LogP contribution in [-0.2, 0) is 5.54 Å². The van der Waals surface area contributed by atoms with E-state index in [0.29, 0.717) is 16.0 Å². The van der Waals surface area contributed by atoms with Gasteiger partial charge in [-0.05, 0) is 42.4 Å². The highest BCUT2D eigenvalue weighted by molar-refractivity contribution is 6.42. The number of rotatable bonds is 2. The molecule has 0 bridgehead atoms. The summed E-state index contributed by atoms with van der Waals surface area (Å²) in [5, 5.41) is 1.25. The molecule has 2 fully saturated rings. The Kier molecular flexibility index (Phi) is 4.83. The first-order chi connectivity index (χ1) is 10.1. The van der Waals surface area contributed by atoms with Crippen molar-refractivity contribution >= 4 is 23.2 Å². The predicted molar refractivity (Wildman–Crippen MR) is 90.9 cm³/mol. The normalized spacial score (nSPS) is 31.3. The van der Waals surface area contributed by atoms with Crippen LogP contribution in [0.1, 0.15) is 63.4 Å². The summed E-state index contributed by atoms with van der Waals surface area (Å²) >= 11 is 12.3. The average Bonchev–Trinajstić information content (AvgIpc) is 2.51. The van der Waals surface area contributed by atoms with Gasteiger partial charge in [-0.25, -0.2) is 0 Å². The van der Waals surface area contributed by atoms with Crippen LogP contribution in [0.15, 0.2) is 18.2 Å². The van der Waals surface area contributed by atoms with Crippen LogP contribution in [0, 0.1) is 11.8 Å². The van der Waals surface area contributed by atoms with Gasteiger partial charge < -0.3 is 5.73 Å². The lowest BCUT2D eigenvalue weighted by Crippen LogP contribution is -2.49. The number of nitrogens with two attached hydrogens (primary N) is 1. The molecule has 2 unspecified atom stereocenters. The largest absolute Gasteiger partial charge is 0.321 e. The van der Waals surface area contributed by atoms with Crippen molar-refractivity contribution in [3.8, 4) is 0 Å². The standard InChI is InChI=1S/C18H25Cl2N/c19-16-10-9-14(12-17(16)20)18(21)11-5-4-8-15(18)13-6-2-1-3-7-13/h9-10,12-13,15H,1-8,11,21H2. The first-order valence-electron chi connectivity index (χ1n) is 8.35. The smallest absolute Gasteiger partial charge is 0.0595 e. The Labute approximate surface area is 138 Å². The Bertz CT molecular complexity index is 496. The highest BCUT2D eigenvalue weighted by atomic mass is 35.5. The predicted octanol–water partition coefficient (Wildman–Crippen LogP) is 5.92. The van der Waals surface area contributed by atoms with E-state index < -0.39 is 0 Å². The van der Waals surface area contributed by atoms with Crippen LogP contribution >= 0.6 is 23.2 Å². The fraction of sp³-hybridized carbons (Fsp3) is 0.667. The van der Waals surface area contributed by atoms with Gasteiger partial charge in [-0.15, -0.1) is 0 Å². The summed E-state index contributed by atoms with van der Waals surface area (Å²) in [6.45, 7) is 0. The number of hydrogen-bond acceptors (Lipinski definition) is 1. The molecule has 0 spiro atoms. The van der Waals surface area contributed by atoms with E-state index in [-0.39, 0.29) is 5.54 Å². The first kappa shape index (κ1) is 15.6. The van der Waals surface area contributed by atoms with Gasteiger partial charge in [0.2, 0.25) is 0 Å². The summed E-state index contributed by atoms with van der Waals surface area (Å²) in [7, 11) is 0. The Balaban J connectivity index is 1.91. The topological polar surface area (TPSA) is 26.0 Å². The van der Waals surface area contributed by atoms with Gasteiger partial charge in [0.25, 0.3) is 0 Å². The summed E-state index contributed by atoms with van der Waals surface area (Å²) < 4.78 is 0. The van der Waals surface area contributed by atoms with Crippen molar-refractivity contribution in [2.75, 3.05) is 0 Å². The monoisotopic (exact) mass is 325 g/mol.